The second-order valence-electron chi connectivity index (χ2n) is 4.19. The Morgan fingerprint density at radius 3 is 2.55 bits per heavy atom. The van der Waals surface area contributed by atoms with Crippen LogP contribution in [0.4, 0.5) is 11.4 Å². The molecule has 0 saturated heterocycles. The van der Waals surface area contributed by atoms with Crippen molar-refractivity contribution in [1.82, 2.24) is 0 Å². The average molecular weight is 382 g/mol. The number of para-hydroxylation sites is 2. The third-order valence-electron chi connectivity index (χ3n) is 2.65. The zero-order valence-electron chi connectivity index (χ0n) is 10.8. The van der Waals surface area contributed by atoms with E-state index in [9.17, 15) is 4.79 Å². The highest BCUT2D eigenvalue weighted by molar-refractivity contribution is 14.1. The smallest absolute Gasteiger partial charge is 0.227 e. The maximum atomic E-state index is 11.8. The molecule has 0 aliphatic heterocycles. The number of hydrogen-bond acceptors (Lipinski definition) is 3. The van der Waals surface area contributed by atoms with Crippen molar-refractivity contribution >= 4 is 39.9 Å². The second-order valence-corrected chi connectivity index (χ2v) is 5.43. The molecule has 20 heavy (non-hydrogen) atoms. The van der Waals surface area contributed by atoms with Crippen LogP contribution in [-0.2, 0) is 4.79 Å². The topological polar surface area (TPSA) is 64.3 Å². The summed E-state index contributed by atoms with van der Waals surface area (Å²) in [6.45, 7) is 0.333. The first-order chi connectivity index (χ1) is 9.65. The Hall–Kier alpha value is -1.76. The lowest BCUT2D eigenvalue weighted by Crippen LogP contribution is -2.16. The highest BCUT2D eigenvalue weighted by Crippen LogP contribution is 2.17. The van der Waals surface area contributed by atoms with Gasteiger partial charge in [0.05, 0.1) is 24.4 Å². The number of rotatable bonds is 5. The molecule has 4 nitrogen and oxygen atoms in total. The van der Waals surface area contributed by atoms with Gasteiger partial charge in [-0.2, -0.15) is 0 Å². The number of benzene rings is 2. The van der Waals surface area contributed by atoms with Gasteiger partial charge in [0.2, 0.25) is 5.91 Å². The molecule has 0 saturated carbocycles. The molecule has 0 aliphatic carbocycles. The van der Waals surface area contributed by atoms with E-state index in [-0.39, 0.29) is 12.3 Å². The summed E-state index contributed by atoms with van der Waals surface area (Å²) >= 11 is 2.23. The zero-order valence-corrected chi connectivity index (χ0v) is 13.0. The molecular weight excluding hydrogens is 367 g/mol. The van der Waals surface area contributed by atoms with Gasteiger partial charge in [-0.05, 0) is 59.0 Å². The van der Waals surface area contributed by atoms with Gasteiger partial charge in [0.1, 0.15) is 5.75 Å². The standard InChI is InChI=1S/C15H15IN2O2/c16-11-5-7-12(8-6-11)20-10-9-15(19)18-14-4-2-1-3-13(14)17/h1-8H,9-10,17H2,(H,18,19). The number of hydrogen-bond donors (Lipinski definition) is 2. The van der Waals surface area contributed by atoms with Crippen molar-refractivity contribution in [1.29, 1.82) is 0 Å². The van der Waals surface area contributed by atoms with Gasteiger partial charge in [0.15, 0.2) is 0 Å². The number of amides is 1. The first-order valence-electron chi connectivity index (χ1n) is 6.18. The summed E-state index contributed by atoms with van der Waals surface area (Å²) in [7, 11) is 0. The van der Waals surface area contributed by atoms with Crippen molar-refractivity contribution in [3.63, 3.8) is 0 Å². The molecular formula is C15H15IN2O2. The Balaban J connectivity index is 1.78. The third-order valence-corrected chi connectivity index (χ3v) is 3.37. The monoisotopic (exact) mass is 382 g/mol. The number of carbonyl (C=O) groups is 1. The molecule has 0 fully saturated rings. The Kier molecular flexibility index (Phi) is 5.23. The number of anilines is 2. The maximum absolute atomic E-state index is 11.8. The Labute approximate surface area is 131 Å². The third kappa shape index (κ3) is 4.41. The van der Waals surface area contributed by atoms with Crippen LogP contribution in [0.2, 0.25) is 0 Å². The van der Waals surface area contributed by atoms with Gasteiger partial charge in [0, 0.05) is 3.57 Å². The molecule has 3 N–H and O–H groups in total. The summed E-state index contributed by atoms with van der Waals surface area (Å²) in [5.74, 6) is 0.644. The molecule has 0 bridgehead atoms. The fourth-order valence-corrected chi connectivity index (χ4v) is 1.98. The van der Waals surface area contributed by atoms with Crippen LogP contribution >= 0.6 is 22.6 Å². The van der Waals surface area contributed by atoms with Gasteiger partial charge in [-0.25, -0.2) is 0 Å². The molecule has 0 atom stereocenters. The molecule has 0 radical (unpaired) electrons. The van der Waals surface area contributed by atoms with Crippen LogP contribution in [0.5, 0.6) is 5.75 Å². The molecule has 0 aliphatic rings. The van der Waals surface area contributed by atoms with E-state index in [1.54, 1.807) is 12.1 Å². The highest BCUT2D eigenvalue weighted by Gasteiger charge is 2.05. The minimum atomic E-state index is -0.117. The molecule has 5 heteroatoms. The number of ether oxygens (including phenoxy) is 1. The quantitative estimate of drug-likeness (QED) is 0.616. The second kappa shape index (κ2) is 7.14. The van der Waals surface area contributed by atoms with Gasteiger partial charge in [-0.15, -0.1) is 0 Å². The first-order valence-corrected chi connectivity index (χ1v) is 7.26. The van der Waals surface area contributed by atoms with Gasteiger partial charge in [-0.3, -0.25) is 4.79 Å². The van der Waals surface area contributed by atoms with E-state index in [4.69, 9.17) is 10.5 Å². The van der Waals surface area contributed by atoms with Crippen LogP contribution in [0.1, 0.15) is 6.42 Å². The van der Waals surface area contributed by atoms with Crippen LogP contribution in [0.3, 0.4) is 0 Å². The summed E-state index contributed by atoms with van der Waals surface area (Å²) in [5, 5.41) is 2.76. The van der Waals surface area contributed by atoms with E-state index in [1.807, 2.05) is 36.4 Å². The number of nitrogen functional groups attached to an aromatic ring is 1. The molecule has 2 aromatic rings. The summed E-state index contributed by atoms with van der Waals surface area (Å²) in [6, 6.07) is 14.9. The molecule has 0 unspecified atom stereocenters. The summed E-state index contributed by atoms with van der Waals surface area (Å²) in [4.78, 5) is 11.8. The predicted molar refractivity (Wildman–Crippen MR) is 88.8 cm³/mol. The van der Waals surface area contributed by atoms with Crippen LogP contribution < -0.4 is 15.8 Å². The van der Waals surface area contributed by atoms with Gasteiger partial charge < -0.3 is 15.8 Å². The number of halogens is 1. The SMILES string of the molecule is Nc1ccccc1NC(=O)CCOc1ccc(I)cc1. The van der Waals surface area contributed by atoms with Crippen molar-refractivity contribution in [2.24, 2.45) is 0 Å². The van der Waals surface area contributed by atoms with E-state index >= 15 is 0 Å². The summed E-state index contributed by atoms with van der Waals surface area (Å²) in [6.07, 6.45) is 0.278. The average Bonchev–Trinajstić information content (AvgIpc) is 2.44. The minimum absolute atomic E-state index is 0.117. The zero-order chi connectivity index (χ0) is 14.4. The van der Waals surface area contributed by atoms with Crippen molar-refractivity contribution in [3.8, 4) is 5.75 Å². The lowest BCUT2D eigenvalue weighted by Gasteiger charge is -2.09. The van der Waals surface area contributed by atoms with Crippen LogP contribution in [-0.4, -0.2) is 12.5 Å². The van der Waals surface area contributed by atoms with E-state index in [2.05, 4.69) is 27.9 Å². The first kappa shape index (κ1) is 14.6. The van der Waals surface area contributed by atoms with Crippen molar-refractivity contribution in [2.75, 3.05) is 17.7 Å². The Morgan fingerprint density at radius 1 is 1.15 bits per heavy atom. The Bertz CT molecular complexity index is 585. The predicted octanol–water partition coefficient (Wildman–Crippen LogP) is 3.28. The lowest BCUT2D eigenvalue weighted by molar-refractivity contribution is -0.116. The molecule has 0 aromatic heterocycles. The fraction of sp³-hybridized carbons (Fsp3) is 0.133. The van der Waals surface area contributed by atoms with Crippen LogP contribution in [0.25, 0.3) is 0 Å². The van der Waals surface area contributed by atoms with Gasteiger partial charge in [-0.1, -0.05) is 12.1 Å². The summed E-state index contributed by atoms with van der Waals surface area (Å²) < 4.78 is 6.65. The van der Waals surface area contributed by atoms with Gasteiger partial charge >= 0.3 is 0 Å². The summed E-state index contributed by atoms with van der Waals surface area (Å²) in [5.41, 5.74) is 6.94. The Morgan fingerprint density at radius 2 is 1.85 bits per heavy atom. The maximum Gasteiger partial charge on any atom is 0.227 e. The molecule has 0 heterocycles. The van der Waals surface area contributed by atoms with Gasteiger partial charge in [0.25, 0.3) is 0 Å². The van der Waals surface area contributed by atoms with Crippen LogP contribution in [0.15, 0.2) is 48.5 Å². The molecule has 2 aromatic carbocycles. The fourth-order valence-electron chi connectivity index (χ4n) is 1.62. The van der Waals surface area contributed by atoms with Crippen LogP contribution in [0, 0.1) is 3.57 Å². The largest absolute Gasteiger partial charge is 0.493 e. The molecule has 0 spiro atoms. The van der Waals surface area contributed by atoms with Crippen molar-refractivity contribution < 1.29 is 9.53 Å². The van der Waals surface area contributed by atoms with E-state index in [0.717, 1.165) is 9.32 Å². The minimum Gasteiger partial charge on any atom is -0.493 e. The van der Waals surface area contributed by atoms with E-state index in [0.29, 0.717) is 18.0 Å². The molecule has 1 amide bonds. The normalized spacial score (nSPS) is 10.1. The number of nitrogens with two attached hydrogens (primary N) is 1. The number of nitrogens with one attached hydrogen (secondary N) is 1. The van der Waals surface area contributed by atoms with Crippen molar-refractivity contribution in [3.05, 3.63) is 52.1 Å². The van der Waals surface area contributed by atoms with Crippen molar-refractivity contribution in [2.45, 2.75) is 6.42 Å². The molecule has 2 rings (SSSR count). The number of carbonyl (C=O) groups excluding carboxylic acids is 1. The molecule has 104 valence electrons. The van der Waals surface area contributed by atoms with E-state index < -0.39 is 0 Å². The van der Waals surface area contributed by atoms with E-state index in [1.165, 1.54) is 0 Å². The lowest BCUT2D eigenvalue weighted by atomic mass is 10.2. The highest BCUT2D eigenvalue weighted by atomic mass is 127.